The first-order valence-electron chi connectivity index (χ1n) is 6.54. The summed E-state index contributed by atoms with van der Waals surface area (Å²) in [6.07, 6.45) is 1.13. The minimum Gasteiger partial charge on any atom is -0.332 e. The van der Waals surface area contributed by atoms with Crippen molar-refractivity contribution in [2.45, 2.75) is 12.3 Å². The lowest BCUT2D eigenvalue weighted by atomic mass is 10.1. The molecule has 1 atom stereocenters. The maximum atomic E-state index is 5.30. The number of hydrogen-bond donors (Lipinski definition) is 2. The standard InChI is InChI=1S/C13H13N5OS/c1-2-11(20-5-1)12-15-13(19-18-12)10-6-9(16-17-10)8-3-4-14-7-8/h1-2,5-6,8,14H,3-4,7H2,(H,16,17). The van der Waals surface area contributed by atoms with Crippen molar-refractivity contribution in [3.63, 3.8) is 0 Å². The molecule has 102 valence electrons. The summed E-state index contributed by atoms with van der Waals surface area (Å²) in [5.41, 5.74) is 1.84. The molecule has 6 nitrogen and oxygen atoms in total. The van der Waals surface area contributed by atoms with Gasteiger partial charge in [-0.15, -0.1) is 11.3 Å². The van der Waals surface area contributed by atoms with Crippen LogP contribution in [-0.2, 0) is 0 Å². The van der Waals surface area contributed by atoms with E-state index in [-0.39, 0.29) is 0 Å². The molecule has 4 heterocycles. The van der Waals surface area contributed by atoms with E-state index in [4.69, 9.17) is 4.52 Å². The molecule has 1 aliphatic rings. The average Bonchev–Trinajstić information content (AvgIpc) is 3.22. The van der Waals surface area contributed by atoms with Crippen LogP contribution in [0.3, 0.4) is 0 Å². The van der Waals surface area contributed by atoms with Gasteiger partial charge in [-0.3, -0.25) is 5.10 Å². The van der Waals surface area contributed by atoms with Gasteiger partial charge in [0.05, 0.1) is 4.88 Å². The predicted octanol–water partition coefficient (Wildman–Crippen LogP) is 2.27. The van der Waals surface area contributed by atoms with E-state index in [2.05, 4.69) is 25.7 Å². The third-order valence-corrected chi connectivity index (χ3v) is 4.35. The van der Waals surface area contributed by atoms with E-state index in [1.54, 1.807) is 11.3 Å². The van der Waals surface area contributed by atoms with Gasteiger partial charge < -0.3 is 9.84 Å². The molecule has 0 bridgehead atoms. The van der Waals surface area contributed by atoms with Crippen molar-refractivity contribution in [2.24, 2.45) is 0 Å². The molecule has 3 aromatic heterocycles. The quantitative estimate of drug-likeness (QED) is 0.772. The molecule has 0 spiro atoms. The van der Waals surface area contributed by atoms with Crippen LogP contribution >= 0.6 is 11.3 Å². The minimum atomic E-state index is 0.460. The number of H-pyrrole nitrogens is 1. The van der Waals surface area contributed by atoms with Gasteiger partial charge in [0.25, 0.3) is 5.89 Å². The van der Waals surface area contributed by atoms with E-state index < -0.39 is 0 Å². The zero-order chi connectivity index (χ0) is 13.4. The summed E-state index contributed by atoms with van der Waals surface area (Å²) in [6.45, 7) is 2.05. The fourth-order valence-electron chi connectivity index (χ4n) is 2.41. The maximum absolute atomic E-state index is 5.30. The lowest BCUT2D eigenvalue weighted by Gasteiger charge is -2.02. The van der Waals surface area contributed by atoms with Gasteiger partial charge in [0.15, 0.2) is 5.69 Å². The molecule has 0 amide bonds. The van der Waals surface area contributed by atoms with Gasteiger partial charge in [-0.1, -0.05) is 11.2 Å². The van der Waals surface area contributed by atoms with Crippen molar-refractivity contribution in [1.29, 1.82) is 0 Å². The second-order valence-corrected chi connectivity index (χ2v) is 5.75. The summed E-state index contributed by atoms with van der Waals surface area (Å²) < 4.78 is 5.30. The van der Waals surface area contributed by atoms with Gasteiger partial charge in [-0.2, -0.15) is 10.1 Å². The number of aromatic nitrogens is 4. The van der Waals surface area contributed by atoms with E-state index in [1.807, 2.05) is 23.6 Å². The fourth-order valence-corrected chi connectivity index (χ4v) is 3.06. The lowest BCUT2D eigenvalue weighted by Crippen LogP contribution is -2.08. The molecule has 0 aromatic carbocycles. The summed E-state index contributed by atoms with van der Waals surface area (Å²) >= 11 is 1.59. The van der Waals surface area contributed by atoms with E-state index in [9.17, 15) is 0 Å². The molecule has 7 heteroatoms. The molecule has 0 saturated carbocycles. The monoisotopic (exact) mass is 287 g/mol. The Balaban J connectivity index is 1.61. The van der Waals surface area contributed by atoms with E-state index in [0.717, 1.165) is 30.1 Å². The molecule has 1 fully saturated rings. The number of rotatable bonds is 3. The van der Waals surface area contributed by atoms with E-state index in [1.165, 1.54) is 0 Å². The molecule has 20 heavy (non-hydrogen) atoms. The Kier molecular flexibility index (Phi) is 2.86. The Labute approximate surface area is 119 Å². The van der Waals surface area contributed by atoms with Crippen molar-refractivity contribution >= 4 is 11.3 Å². The smallest absolute Gasteiger partial charge is 0.278 e. The first-order valence-corrected chi connectivity index (χ1v) is 7.42. The van der Waals surface area contributed by atoms with Gasteiger partial charge in [0.1, 0.15) is 0 Å². The highest BCUT2D eigenvalue weighted by molar-refractivity contribution is 7.13. The summed E-state index contributed by atoms with van der Waals surface area (Å²) in [4.78, 5) is 5.39. The van der Waals surface area contributed by atoms with Crippen LogP contribution in [0.1, 0.15) is 18.0 Å². The zero-order valence-corrected chi connectivity index (χ0v) is 11.5. The number of hydrogen-bond acceptors (Lipinski definition) is 6. The minimum absolute atomic E-state index is 0.460. The normalized spacial score (nSPS) is 18.7. The van der Waals surface area contributed by atoms with Crippen LogP contribution in [0, 0.1) is 0 Å². The second kappa shape index (κ2) is 4.84. The van der Waals surface area contributed by atoms with Gasteiger partial charge in [-0.05, 0) is 30.5 Å². The number of nitrogens with one attached hydrogen (secondary N) is 2. The Hall–Kier alpha value is -1.99. The van der Waals surface area contributed by atoms with Crippen LogP contribution in [0.4, 0.5) is 0 Å². The highest BCUT2D eigenvalue weighted by Gasteiger charge is 2.21. The van der Waals surface area contributed by atoms with Gasteiger partial charge in [0, 0.05) is 18.2 Å². The molecular weight excluding hydrogens is 274 g/mol. The first kappa shape index (κ1) is 11.8. The molecule has 0 radical (unpaired) electrons. The van der Waals surface area contributed by atoms with Crippen LogP contribution in [0.2, 0.25) is 0 Å². The summed E-state index contributed by atoms with van der Waals surface area (Å²) in [5, 5.41) is 16.7. The van der Waals surface area contributed by atoms with Gasteiger partial charge in [-0.25, -0.2) is 0 Å². The Morgan fingerprint density at radius 1 is 1.40 bits per heavy atom. The summed E-state index contributed by atoms with van der Waals surface area (Å²) in [5.74, 6) is 1.57. The zero-order valence-electron chi connectivity index (χ0n) is 10.7. The Morgan fingerprint density at radius 2 is 2.40 bits per heavy atom. The number of nitrogens with zero attached hydrogens (tertiary/aromatic N) is 3. The number of thiophene rings is 1. The summed E-state index contributed by atoms with van der Waals surface area (Å²) in [7, 11) is 0. The molecule has 1 saturated heterocycles. The Bertz CT molecular complexity index is 696. The topological polar surface area (TPSA) is 79.6 Å². The maximum Gasteiger partial charge on any atom is 0.278 e. The van der Waals surface area contributed by atoms with Crippen LogP contribution in [-0.4, -0.2) is 33.4 Å². The molecular formula is C13H13N5OS. The largest absolute Gasteiger partial charge is 0.332 e. The molecule has 1 aliphatic heterocycles. The van der Waals surface area contributed by atoms with Crippen molar-refractivity contribution in [1.82, 2.24) is 25.7 Å². The summed E-state index contributed by atoms with van der Waals surface area (Å²) in [6, 6.07) is 5.94. The molecule has 1 unspecified atom stereocenters. The molecule has 3 aromatic rings. The van der Waals surface area contributed by atoms with Crippen molar-refractivity contribution in [3.05, 3.63) is 29.3 Å². The van der Waals surface area contributed by atoms with Crippen molar-refractivity contribution in [3.8, 4) is 22.3 Å². The van der Waals surface area contributed by atoms with E-state index in [0.29, 0.717) is 23.3 Å². The third kappa shape index (κ3) is 2.04. The molecule has 2 N–H and O–H groups in total. The Morgan fingerprint density at radius 3 is 3.20 bits per heavy atom. The van der Waals surface area contributed by atoms with Crippen LogP contribution in [0.15, 0.2) is 28.1 Å². The van der Waals surface area contributed by atoms with Gasteiger partial charge in [0.2, 0.25) is 5.82 Å². The third-order valence-electron chi connectivity index (χ3n) is 3.48. The predicted molar refractivity (Wildman–Crippen MR) is 75.4 cm³/mol. The SMILES string of the molecule is c1csc(-c2noc(-c3cc(C4CCNC4)[nH]n3)n2)c1. The molecule has 0 aliphatic carbocycles. The van der Waals surface area contributed by atoms with Crippen LogP contribution in [0.5, 0.6) is 0 Å². The highest BCUT2D eigenvalue weighted by atomic mass is 32.1. The van der Waals surface area contributed by atoms with Crippen LogP contribution in [0.25, 0.3) is 22.3 Å². The lowest BCUT2D eigenvalue weighted by molar-refractivity contribution is 0.431. The van der Waals surface area contributed by atoms with Crippen LogP contribution < -0.4 is 5.32 Å². The van der Waals surface area contributed by atoms with Crippen molar-refractivity contribution < 1.29 is 4.52 Å². The second-order valence-electron chi connectivity index (χ2n) is 4.80. The fraction of sp³-hybridized carbons (Fsp3) is 0.308. The highest BCUT2D eigenvalue weighted by Crippen LogP contribution is 2.27. The van der Waals surface area contributed by atoms with E-state index >= 15 is 0 Å². The number of aromatic amines is 1. The van der Waals surface area contributed by atoms with Crippen molar-refractivity contribution in [2.75, 3.05) is 13.1 Å². The average molecular weight is 287 g/mol. The van der Waals surface area contributed by atoms with Gasteiger partial charge >= 0.3 is 0 Å². The molecule has 4 rings (SSSR count). The first-order chi connectivity index (χ1) is 9.90.